The summed E-state index contributed by atoms with van der Waals surface area (Å²) in [7, 11) is 0. The molecule has 0 bridgehead atoms. The molecule has 1 atom stereocenters. The summed E-state index contributed by atoms with van der Waals surface area (Å²) in [5.41, 5.74) is 0.938. The summed E-state index contributed by atoms with van der Waals surface area (Å²) in [5, 5.41) is 3.26. The molecule has 1 aliphatic rings. The van der Waals surface area contributed by atoms with Crippen molar-refractivity contribution in [1.29, 1.82) is 0 Å². The molecule has 1 fully saturated rings. The molecule has 1 N–H and O–H groups in total. The maximum atomic E-state index is 12.9. The van der Waals surface area contributed by atoms with Gasteiger partial charge in [-0.05, 0) is 31.5 Å². The van der Waals surface area contributed by atoms with E-state index >= 15 is 0 Å². The zero-order chi connectivity index (χ0) is 15.2. The van der Waals surface area contributed by atoms with Crippen molar-refractivity contribution >= 4 is 12.4 Å². The van der Waals surface area contributed by atoms with E-state index in [0.29, 0.717) is 0 Å². The molecule has 1 aliphatic heterocycles. The van der Waals surface area contributed by atoms with Gasteiger partial charge in [0.25, 0.3) is 0 Å². The Labute approximate surface area is 137 Å². The van der Waals surface area contributed by atoms with Crippen LogP contribution in [0.5, 0.6) is 5.75 Å². The van der Waals surface area contributed by atoms with Crippen LogP contribution in [0.25, 0.3) is 0 Å². The number of piperazine rings is 1. The van der Waals surface area contributed by atoms with Gasteiger partial charge >= 0.3 is 0 Å². The van der Waals surface area contributed by atoms with Crippen molar-refractivity contribution < 1.29 is 13.5 Å². The topological polar surface area (TPSA) is 24.5 Å². The van der Waals surface area contributed by atoms with Crippen LogP contribution in [0.2, 0.25) is 0 Å². The molecule has 0 unspecified atom stereocenters. The third kappa shape index (κ3) is 5.71. The predicted octanol–water partition coefficient (Wildman–Crippen LogP) is 3.50. The minimum atomic E-state index is -2.29. The van der Waals surface area contributed by atoms with Gasteiger partial charge in [0.15, 0.2) is 0 Å². The molecule has 126 valence electrons. The molecule has 3 nitrogen and oxygen atoms in total. The van der Waals surface area contributed by atoms with E-state index in [4.69, 9.17) is 4.74 Å². The lowest BCUT2D eigenvalue weighted by atomic mass is 10.0. The highest BCUT2D eigenvalue weighted by molar-refractivity contribution is 5.85. The first-order valence-corrected chi connectivity index (χ1v) is 7.56. The van der Waals surface area contributed by atoms with Crippen molar-refractivity contribution in [2.45, 2.75) is 38.8 Å². The average molecular weight is 335 g/mol. The van der Waals surface area contributed by atoms with E-state index < -0.39 is 6.43 Å². The summed E-state index contributed by atoms with van der Waals surface area (Å²) >= 11 is 0. The first kappa shape index (κ1) is 19.1. The van der Waals surface area contributed by atoms with Gasteiger partial charge in [0.2, 0.25) is 6.43 Å². The van der Waals surface area contributed by atoms with E-state index in [1.807, 2.05) is 38.1 Å². The second-order valence-electron chi connectivity index (χ2n) is 5.66. The fraction of sp³-hybridized carbons (Fsp3) is 0.625. The van der Waals surface area contributed by atoms with Crippen LogP contribution in [0.15, 0.2) is 24.3 Å². The van der Waals surface area contributed by atoms with Crippen LogP contribution in [-0.4, -0.2) is 43.6 Å². The molecule has 0 aromatic heterocycles. The Morgan fingerprint density at radius 1 is 1.14 bits per heavy atom. The van der Waals surface area contributed by atoms with E-state index in [0.717, 1.165) is 37.5 Å². The first-order valence-electron chi connectivity index (χ1n) is 7.56. The number of alkyl halides is 2. The van der Waals surface area contributed by atoms with Crippen molar-refractivity contribution in [2.24, 2.45) is 0 Å². The molecule has 0 amide bonds. The number of halogens is 3. The standard InChI is InChI=1S/C16H24F2N2O.ClH/c1-12(2)21-14-5-3-13(4-6-14)15(11-16(17)18)20-9-7-19-8-10-20;/h3-6,12,15-16,19H,7-11H2,1-2H3;1H/t15-;/m0./s1. The molecule has 2 rings (SSSR count). The molecule has 1 heterocycles. The minimum Gasteiger partial charge on any atom is -0.491 e. The summed E-state index contributed by atoms with van der Waals surface area (Å²) in [4.78, 5) is 2.14. The van der Waals surface area contributed by atoms with Crippen LogP contribution in [0.3, 0.4) is 0 Å². The highest BCUT2D eigenvalue weighted by atomic mass is 35.5. The van der Waals surface area contributed by atoms with Crippen LogP contribution >= 0.6 is 12.4 Å². The number of benzene rings is 1. The summed E-state index contributed by atoms with van der Waals surface area (Å²) < 4.78 is 31.4. The Hall–Kier alpha value is -0.910. The van der Waals surface area contributed by atoms with Gasteiger partial charge in [-0.15, -0.1) is 12.4 Å². The van der Waals surface area contributed by atoms with Crippen molar-refractivity contribution in [3.63, 3.8) is 0 Å². The van der Waals surface area contributed by atoms with Gasteiger partial charge in [-0.1, -0.05) is 12.1 Å². The van der Waals surface area contributed by atoms with Gasteiger partial charge in [0, 0.05) is 38.6 Å². The molecule has 0 radical (unpaired) electrons. The number of nitrogens with zero attached hydrogens (tertiary/aromatic N) is 1. The number of ether oxygens (including phenoxy) is 1. The van der Waals surface area contributed by atoms with E-state index in [1.165, 1.54) is 0 Å². The Balaban J connectivity index is 0.00000242. The van der Waals surface area contributed by atoms with Gasteiger partial charge in [-0.2, -0.15) is 0 Å². The highest BCUT2D eigenvalue weighted by Crippen LogP contribution is 2.29. The lowest BCUT2D eigenvalue weighted by Gasteiger charge is -2.35. The number of hydrogen-bond donors (Lipinski definition) is 1. The first-order chi connectivity index (χ1) is 10.1. The maximum absolute atomic E-state index is 12.9. The lowest BCUT2D eigenvalue weighted by molar-refractivity contribution is 0.0739. The number of nitrogens with one attached hydrogen (secondary N) is 1. The molecular weight excluding hydrogens is 310 g/mol. The Morgan fingerprint density at radius 2 is 1.73 bits per heavy atom. The molecule has 6 heteroatoms. The maximum Gasteiger partial charge on any atom is 0.240 e. The summed E-state index contributed by atoms with van der Waals surface area (Å²) in [6, 6.07) is 7.34. The Morgan fingerprint density at radius 3 is 2.23 bits per heavy atom. The zero-order valence-electron chi connectivity index (χ0n) is 13.1. The van der Waals surface area contributed by atoms with Crippen LogP contribution in [0.1, 0.15) is 31.9 Å². The van der Waals surface area contributed by atoms with Crippen LogP contribution in [0.4, 0.5) is 8.78 Å². The van der Waals surface area contributed by atoms with Crippen molar-refractivity contribution in [3.8, 4) is 5.75 Å². The highest BCUT2D eigenvalue weighted by Gasteiger charge is 2.25. The molecule has 0 aliphatic carbocycles. The van der Waals surface area contributed by atoms with E-state index in [1.54, 1.807) is 0 Å². The summed E-state index contributed by atoms with van der Waals surface area (Å²) in [6.45, 7) is 7.26. The van der Waals surface area contributed by atoms with Crippen LogP contribution < -0.4 is 10.1 Å². The molecule has 1 saturated heterocycles. The Bertz CT molecular complexity index is 423. The van der Waals surface area contributed by atoms with Crippen molar-refractivity contribution in [3.05, 3.63) is 29.8 Å². The number of hydrogen-bond acceptors (Lipinski definition) is 3. The predicted molar refractivity (Wildman–Crippen MR) is 87.3 cm³/mol. The lowest BCUT2D eigenvalue weighted by Crippen LogP contribution is -2.45. The van der Waals surface area contributed by atoms with E-state index in [2.05, 4.69) is 10.2 Å². The average Bonchev–Trinajstić information content (AvgIpc) is 2.46. The quantitative estimate of drug-likeness (QED) is 0.861. The third-order valence-electron chi connectivity index (χ3n) is 3.63. The van der Waals surface area contributed by atoms with E-state index in [9.17, 15) is 8.78 Å². The molecule has 22 heavy (non-hydrogen) atoms. The van der Waals surface area contributed by atoms with Gasteiger partial charge in [-0.3, -0.25) is 4.90 Å². The molecule has 0 spiro atoms. The smallest absolute Gasteiger partial charge is 0.240 e. The van der Waals surface area contributed by atoms with Gasteiger partial charge < -0.3 is 10.1 Å². The second-order valence-corrected chi connectivity index (χ2v) is 5.66. The second kappa shape index (κ2) is 9.28. The fourth-order valence-electron chi connectivity index (χ4n) is 2.70. The van der Waals surface area contributed by atoms with Crippen molar-refractivity contribution in [1.82, 2.24) is 10.2 Å². The Kier molecular flexibility index (Phi) is 8.07. The van der Waals surface area contributed by atoms with Gasteiger partial charge in [-0.25, -0.2) is 8.78 Å². The van der Waals surface area contributed by atoms with Gasteiger partial charge in [0.1, 0.15) is 5.75 Å². The van der Waals surface area contributed by atoms with Crippen molar-refractivity contribution in [2.75, 3.05) is 26.2 Å². The summed E-state index contributed by atoms with van der Waals surface area (Å²) in [5.74, 6) is 0.782. The minimum absolute atomic E-state index is 0. The third-order valence-corrected chi connectivity index (χ3v) is 3.63. The monoisotopic (exact) mass is 334 g/mol. The van der Waals surface area contributed by atoms with Crippen LogP contribution in [-0.2, 0) is 0 Å². The fourth-order valence-corrected chi connectivity index (χ4v) is 2.70. The van der Waals surface area contributed by atoms with Crippen LogP contribution in [0, 0.1) is 0 Å². The largest absolute Gasteiger partial charge is 0.491 e. The van der Waals surface area contributed by atoms with Gasteiger partial charge in [0.05, 0.1) is 6.10 Å². The normalized spacial score (nSPS) is 17.4. The molecule has 0 saturated carbocycles. The summed E-state index contributed by atoms with van der Waals surface area (Å²) in [6.07, 6.45) is -2.30. The van der Waals surface area contributed by atoms with E-state index in [-0.39, 0.29) is 31.0 Å². The molecule has 1 aromatic carbocycles. The molecule has 1 aromatic rings. The zero-order valence-corrected chi connectivity index (χ0v) is 13.9. The molecular formula is C16H25ClF2N2O. The SMILES string of the molecule is CC(C)Oc1ccc([C@H](CC(F)F)N2CCNCC2)cc1.Cl. The number of rotatable bonds is 6.